The molecule has 0 radical (unpaired) electrons. The summed E-state index contributed by atoms with van der Waals surface area (Å²) in [5.41, 5.74) is 4.61. The van der Waals surface area contributed by atoms with E-state index in [4.69, 9.17) is 4.74 Å². The minimum atomic E-state index is -5.15. The van der Waals surface area contributed by atoms with Crippen molar-refractivity contribution in [1.82, 2.24) is 9.80 Å². The lowest BCUT2D eigenvalue weighted by Crippen LogP contribution is -2.49. The molecule has 0 aliphatic carbocycles. The fourth-order valence-corrected chi connectivity index (χ4v) is 4.00. The molecule has 0 unspecified atom stereocenters. The average molecular weight is 485 g/mol. The van der Waals surface area contributed by atoms with Gasteiger partial charge in [-0.15, -0.1) is 5.54 Å². The van der Waals surface area contributed by atoms with Gasteiger partial charge >= 0.3 is 16.6 Å². The Hall–Kier alpha value is -2.09. The summed E-state index contributed by atoms with van der Waals surface area (Å²) in [6.45, 7) is 16.3. The summed E-state index contributed by atoms with van der Waals surface area (Å²) >= 11 is 0. The number of halogens is 1. The molecule has 1 fully saturated rings. The zero-order chi connectivity index (χ0) is 24.3. The van der Waals surface area contributed by atoms with Gasteiger partial charge in [-0.2, -0.15) is 8.42 Å². The van der Waals surface area contributed by atoms with Gasteiger partial charge in [0.15, 0.2) is 0 Å². The van der Waals surface area contributed by atoms with Gasteiger partial charge in [0.1, 0.15) is 19.4 Å². The van der Waals surface area contributed by atoms with Gasteiger partial charge in [-0.25, -0.2) is 4.79 Å². The van der Waals surface area contributed by atoms with Gasteiger partial charge in [-0.05, 0) is 51.0 Å². The molecule has 0 spiro atoms. The van der Waals surface area contributed by atoms with Crippen molar-refractivity contribution in [1.29, 1.82) is 0 Å². The third-order valence-electron chi connectivity index (χ3n) is 4.66. The number of hydrogen-bond acceptors (Lipinski definition) is 6. The van der Waals surface area contributed by atoms with Gasteiger partial charge in [0, 0.05) is 38.3 Å². The van der Waals surface area contributed by atoms with E-state index in [-0.39, 0.29) is 11.8 Å². The Morgan fingerprint density at radius 3 is 2.25 bits per heavy atom. The van der Waals surface area contributed by atoms with Crippen molar-refractivity contribution in [3.05, 3.63) is 28.8 Å². The lowest BCUT2D eigenvalue weighted by Gasteiger charge is -2.35. The van der Waals surface area contributed by atoms with E-state index in [0.717, 1.165) is 5.56 Å². The smallest absolute Gasteiger partial charge is 0.444 e. The first kappa shape index (κ1) is 26.2. The van der Waals surface area contributed by atoms with E-state index in [9.17, 15) is 17.1 Å². The van der Waals surface area contributed by atoms with Crippen LogP contribution in [0, 0.1) is 18.4 Å². The third-order valence-corrected chi connectivity index (χ3v) is 5.91. The molecule has 10 heteroatoms. The van der Waals surface area contributed by atoms with Crippen molar-refractivity contribution in [2.45, 2.75) is 59.5 Å². The summed E-state index contributed by atoms with van der Waals surface area (Å²) in [4.78, 5) is 16.1. The fourth-order valence-electron chi connectivity index (χ4n) is 3.09. The van der Waals surface area contributed by atoms with Crippen molar-refractivity contribution in [2.24, 2.45) is 0 Å². The van der Waals surface area contributed by atoms with Crippen LogP contribution in [0.2, 0.25) is 19.6 Å². The van der Waals surface area contributed by atoms with Gasteiger partial charge in [0.2, 0.25) is 0 Å². The molecule has 1 amide bonds. The molecule has 1 saturated heterocycles. The van der Waals surface area contributed by atoms with Crippen LogP contribution in [-0.2, 0) is 21.8 Å². The minimum Gasteiger partial charge on any atom is -0.444 e. The van der Waals surface area contributed by atoms with Crippen molar-refractivity contribution >= 4 is 24.7 Å². The minimum absolute atomic E-state index is 0.0581. The Morgan fingerprint density at radius 2 is 1.75 bits per heavy atom. The molecule has 1 heterocycles. The van der Waals surface area contributed by atoms with Gasteiger partial charge in [-0.3, -0.25) is 4.90 Å². The highest BCUT2D eigenvalue weighted by Crippen LogP contribution is 2.27. The van der Waals surface area contributed by atoms with E-state index in [0.29, 0.717) is 43.9 Å². The Bertz CT molecular complexity index is 1010. The SMILES string of the molecule is Cc1c(CN2CCN(C(=O)OC(C)(C)C)CC2)cc(C#C[Si](C)(C)C)cc1OS(=O)(=O)F. The van der Waals surface area contributed by atoms with E-state index < -0.39 is 24.2 Å². The molecular formula is C22H33FN2O5SSi. The molecule has 2 rings (SSSR count). The van der Waals surface area contributed by atoms with Crippen LogP contribution in [0.1, 0.15) is 37.5 Å². The summed E-state index contributed by atoms with van der Waals surface area (Å²) < 4.78 is 45.5. The maximum Gasteiger partial charge on any atom is 0.488 e. The number of carbonyl (C=O) groups is 1. The summed E-state index contributed by atoms with van der Waals surface area (Å²) in [5.74, 6) is 3.03. The first-order chi connectivity index (χ1) is 14.5. The second-order valence-corrected chi connectivity index (χ2v) is 15.7. The van der Waals surface area contributed by atoms with Crippen LogP contribution in [0.15, 0.2) is 12.1 Å². The van der Waals surface area contributed by atoms with E-state index in [2.05, 4.69) is 40.2 Å². The molecule has 1 aromatic rings. The molecule has 7 nitrogen and oxygen atoms in total. The first-order valence-corrected chi connectivity index (χ1v) is 15.3. The lowest BCUT2D eigenvalue weighted by molar-refractivity contribution is 0.0139. The zero-order valence-corrected chi connectivity index (χ0v) is 21.7. The van der Waals surface area contributed by atoms with Crippen LogP contribution in [-0.4, -0.2) is 64.2 Å². The molecule has 32 heavy (non-hydrogen) atoms. The van der Waals surface area contributed by atoms with Crippen LogP contribution in [0.3, 0.4) is 0 Å². The topological polar surface area (TPSA) is 76.2 Å². The van der Waals surface area contributed by atoms with Crippen LogP contribution >= 0.6 is 0 Å². The fraction of sp³-hybridized carbons (Fsp3) is 0.591. The van der Waals surface area contributed by atoms with Gasteiger partial charge < -0.3 is 13.8 Å². The molecule has 1 aliphatic rings. The number of hydrogen-bond donors (Lipinski definition) is 0. The number of piperazine rings is 1. The summed E-state index contributed by atoms with van der Waals surface area (Å²) in [6, 6.07) is 3.35. The molecular weight excluding hydrogens is 451 g/mol. The van der Waals surface area contributed by atoms with Crippen molar-refractivity contribution in [3.63, 3.8) is 0 Å². The Kier molecular flexibility index (Phi) is 8.02. The van der Waals surface area contributed by atoms with E-state index >= 15 is 0 Å². The Balaban J connectivity index is 2.20. The number of ether oxygens (including phenoxy) is 1. The summed E-state index contributed by atoms with van der Waals surface area (Å²) in [7, 11) is -6.82. The molecule has 0 atom stereocenters. The maximum absolute atomic E-state index is 13.2. The zero-order valence-electron chi connectivity index (χ0n) is 19.9. The largest absolute Gasteiger partial charge is 0.488 e. The quantitative estimate of drug-likeness (QED) is 0.367. The molecule has 0 bridgehead atoms. The van der Waals surface area contributed by atoms with Crippen LogP contribution in [0.25, 0.3) is 0 Å². The second kappa shape index (κ2) is 9.81. The predicted molar refractivity (Wildman–Crippen MR) is 125 cm³/mol. The summed E-state index contributed by atoms with van der Waals surface area (Å²) in [6.07, 6.45) is -0.333. The lowest BCUT2D eigenvalue weighted by atomic mass is 10.0. The van der Waals surface area contributed by atoms with Crippen molar-refractivity contribution < 1.29 is 26.0 Å². The molecule has 0 saturated carbocycles. The van der Waals surface area contributed by atoms with Crippen molar-refractivity contribution in [2.75, 3.05) is 26.2 Å². The van der Waals surface area contributed by atoms with Gasteiger partial charge in [-0.1, -0.05) is 29.4 Å². The normalized spacial score (nSPS) is 15.7. The van der Waals surface area contributed by atoms with E-state index in [1.807, 2.05) is 26.8 Å². The average Bonchev–Trinajstić information content (AvgIpc) is 2.61. The van der Waals surface area contributed by atoms with Crippen molar-refractivity contribution in [3.8, 4) is 17.2 Å². The monoisotopic (exact) mass is 484 g/mol. The van der Waals surface area contributed by atoms with Crippen LogP contribution in [0.5, 0.6) is 5.75 Å². The standard InChI is InChI=1S/C22H33FN2O5SSi/c1-17-19(16-24-9-11-25(12-10-24)21(26)29-22(2,3)4)14-18(8-13-32(5,6)7)15-20(17)30-31(23,27)28/h14-15H,9-12,16H2,1-7H3. The number of carbonyl (C=O) groups excluding carboxylic acids is 1. The number of amides is 1. The highest BCUT2D eigenvalue weighted by molar-refractivity contribution is 7.81. The molecule has 1 aliphatic heterocycles. The summed E-state index contributed by atoms with van der Waals surface area (Å²) in [5, 5.41) is 0. The van der Waals surface area contributed by atoms with Crippen LogP contribution in [0.4, 0.5) is 8.68 Å². The maximum atomic E-state index is 13.2. The van der Waals surface area contributed by atoms with Gasteiger partial charge in [0.25, 0.3) is 0 Å². The molecule has 0 aromatic heterocycles. The number of rotatable bonds is 4. The highest BCUT2D eigenvalue weighted by atomic mass is 32.3. The molecule has 178 valence electrons. The van der Waals surface area contributed by atoms with Crippen LogP contribution < -0.4 is 4.18 Å². The predicted octanol–water partition coefficient (Wildman–Crippen LogP) is 3.87. The second-order valence-electron chi connectivity index (χ2n) is 9.98. The highest BCUT2D eigenvalue weighted by Gasteiger charge is 2.26. The van der Waals surface area contributed by atoms with E-state index in [1.54, 1.807) is 11.8 Å². The molecule has 1 aromatic carbocycles. The number of nitrogens with zero attached hydrogens (tertiary/aromatic N) is 2. The Morgan fingerprint density at radius 1 is 1.16 bits per heavy atom. The first-order valence-electron chi connectivity index (χ1n) is 10.5. The molecule has 0 N–H and O–H groups in total. The van der Waals surface area contributed by atoms with Gasteiger partial charge in [0.05, 0.1) is 0 Å². The number of benzene rings is 1. The third kappa shape index (κ3) is 8.80. The Labute approximate surface area is 192 Å². The van der Waals surface area contributed by atoms with E-state index in [1.165, 1.54) is 6.07 Å².